The molecule has 22 heavy (non-hydrogen) atoms. The lowest BCUT2D eigenvalue weighted by Gasteiger charge is -2.12. The van der Waals surface area contributed by atoms with E-state index >= 15 is 0 Å². The van der Waals surface area contributed by atoms with Gasteiger partial charge in [-0.15, -0.1) is 0 Å². The molecule has 3 aromatic carbocycles. The van der Waals surface area contributed by atoms with Gasteiger partial charge in [0.15, 0.2) is 11.5 Å². The Labute approximate surface area is 131 Å². The van der Waals surface area contributed by atoms with Crippen LogP contribution in [0, 0.1) is 6.07 Å². The number of ether oxygens (including phenoxy) is 2. The van der Waals surface area contributed by atoms with Crippen molar-refractivity contribution >= 4 is 0 Å². The molecule has 0 saturated carbocycles. The normalized spacial score (nSPS) is 10.2. The molecule has 0 spiro atoms. The molecule has 0 unspecified atom stereocenters. The van der Waals surface area contributed by atoms with E-state index in [1.807, 2.05) is 78.9 Å². The summed E-state index contributed by atoms with van der Waals surface area (Å²) in [4.78, 5) is 0. The monoisotopic (exact) mass is 289 g/mol. The minimum absolute atomic E-state index is 0.503. The lowest BCUT2D eigenvalue weighted by Crippen LogP contribution is -2.00. The topological polar surface area (TPSA) is 18.5 Å². The van der Waals surface area contributed by atoms with Crippen LogP contribution in [-0.2, 0) is 13.2 Å². The van der Waals surface area contributed by atoms with Gasteiger partial charge in [-0.25, -0.2) is 0 Å². The third kappa shape index (κ3) is 3.89. The van der Waals surface area contributed by atoms with E-state index in [1.54, 1.807) is 0 Å². The molecule has 109 valence electrons. The second kappa shape index (κ2) is 7.32. The molecule has 0 heterocycles. The van der Waals surface area contributed by atoms with Crippen LogP contribution in [0.1, 0.15) is 11.1 Å². The number of hydrogen-bond donors (Lipinski definition) is 0. The summed E-state index contributed by atoms with van der Waals surface area (Å²) in [7, 11) is 0. The van der Waals surface area contributed by atoms with Gasteiger partial charge in [-0.1, -0.05) is 72.8 Å². The second-order valence-electron chi connectivity index (χ2n) is 4.91. The minimum Gasteiger partial charge on any atom is -0.485 e. The molecular weight excluding hydrogens is 272 g/mol. The highest BCUT2D eigenvalue weighted by molar-refractivity contribution is 5.38. The van der Waals surface area contributed by atoms with Crippen LogP contribution >= 0.6 is 0 Å². The summed E-state index contributed by atoms with van der Waals surface area (Å²) in [6.45, 7) is 1.02. The molecular formula is C20H17O2. The zero-order chi connectivity index (χ0) is 15.0. The first-order valence-corrected chi connectivity index (χ1v) is 7.26. The summed E-state index contributed by atoms with van der Waals surface area (Å²) < 4.78 is 11.7. The molecule has 0 aliphatic carbocycles. The van der Waals surface area contributed by atoms with Crippen molar-refractivity contribution in [1.82, 2.24) is 0 Å². The Morgan fingerprint density at radius 1 is 0.636 bits per heavy atom. The second-order valence-corrected chi connectivity index (χ2v) is 4.91. The molecule has 3 aromatic rings. The lowest BCUT2D eigenvalue weighted by molar-refractivity contribution is 0.255. The molecule has 0 fully saturated rings. The molecule has 0 amide bonds. The largest absolute Gasteiger partial charge is 0.485 e. The molecule has 0 bridgehead atoms. The van der Waals surface area contributed by atoms with Crippen molar-refractivity contribution in [2.75, 3.05) is 0 Å². The fraction of sp³-hybridized carbons (Fsp3) is 0.100. The highest BCUT2D eigenvalue weighted by atomic mass is 16.5. The summed E-state index contributed by atoms with van der Waals surface area (Å²) in [5.41, 5.74) is 2.24. The summed E-state index contributed by atoms with van der Waals surface area (Å²) in [5.74, 6) is 1.35. The molecule has 0 atom stereocenters. The van der Waals surface area contributed by atoms with E-state index in [0.29, 0.717) is 24.7 Å². The van der Waals surface area contributed by atoms with Crippen LogP contribution in [0.5, 0.6) is 11.5 Å². The van der Waals surface area contributed by atoms with Crippen LogP contribution in [0.15, 0.2) is 78.9 Å². The standard InChI is InChI=1S/C20H17O2/c1-3-9-17(10-4-1)15-21-19-13-7-8-14-20(19)22-16-18-11-5-2-6-12-18/h1-13H,15-16H2. The fourth-order valence-electron chi connectivity index (χ4n) is 2.10. The molecule has 0 aliphatic heterocycles. The van der Waals surface area contributed by atoms with Crippen molar-refractivity contribution < 1.29 is 9.47 Å². The fourth-order valence-corrected chi connectivity index (χ4v) is 2.10. The van der Waals surface area contributed by atoms with E-state index in [0.717, 1.165) is 11.1 Å². The van der Waals surface area contributed by atoms with E-state index in [9.17, 15) is 0 Å². The SMILES string of the molecule is [c]1cccc(OCc2ccccc2)c1OCc1ccccc1. The number of rotatable bonds is 6. The number of hydrogen-bond acceptors (Lipinski definition) is 2. The lowest BCUT2D eigenvalue weighted by atomic mass is 10.2. The summed E-state index contributed by atoms with van der Waals surface area (Å²) in [6.07, 6.45) is 0. The maximum atomic E-state index is 5.86. The first-order valence-electron chi connectivity index (χ1n) is 7.26. The molecule has 2 nitrogen and oxygen atoms in total. The Morgan fingerprint density at radius 2 is 1.23 bits per heavy atom. The van der Waals surface area contributed by atoms with Gasteiger partial charge in [0, 0.05) is 6.07 Å². The van der Waals surface area contributed by atoms with Gasteiger partial charge in [0.1, 0.15) is 13.2 Å². The van der Waals surface area contributed by atoms with E-state index in [4.69, 9.17) is 9.47 Å². The van der Waals surface area contributed by atoms with Crippen molar-refractivity contribution in [2.24, 2.45) is 0 Å². The van der Waals surface area contributed by atoms with Crippen LogP contribution in [0.25, 0.3) is 0 Å². The maximum absolute atomic E-state index is 5.86. The third-order valence-corrected chi connectivity index (χ3v) is 3.25. The average molecular weight is 289 g/mol. The van der Waals surface area contributed by atoms with Crippen molar-refractivity contribution in [2.45, 2.75) is 13.2 Å². The van der Waals surface area contributed by atoms with Crippen LogP contribution in [0.2, 0.25) is 0 Å². The Balaban J connectivity index is 1.65. The van der Waals surface area contributed by atoms with Crippen LogP contribution in [-0.4, -0.2) is 0 Å². The first-order chi connectivity index (χ1) is 10.9. The Bertz CT molecular complexity index is 631. The zero-order valence-corrected chi connectivity index (χ0v) is 12.2. The van der Waals surface area contributed by atoms with Crippen LogP contribution in [0.4, 0.5) is 0 Å². The van der Waals surface area contributed by atoms with Crippen molar-refractivity contribution in [3.63, 3.8) is 0 Å². The van der Waals surface area contributed by atoms with Gasteiger partial charge in [0.05, 0.1) is 0 Å². The van der Waals surface area contributed by atoms with Crippen molar-refractivity contribution in [3.05, 3.63) is 96.1 Å². The third-order valence-electron chi connectivity index (χ3n) is 3.25. The van der Waals surface area contributed by atoms with Crippen molar-refractivity contribution in [1.29, 1.82) is 0 Å². The van der Waals surface area contributed by atoms with E-state index in [-0.39, 0.29) is 0 Å². The zero-order valence-electron chi connectivity index (χ0n) is 12.2. The molecule has 1 radical (unpaired) electrons. The number of benzene rings is 3. The minimum atomic E-state index is 0.503. The molecule has 2 heteroatoms. The quantitative estimate of drug-likeness (QED) is 0.658. The summed E-state index contributed by atoms with van der Waals surface area (Å²) in [5, 5.41) is 0. The number of para-hydroxylation sites is 1. The summed E-state index contributed by atoms with van der Waals surface area (Å²) >= 11 is 0. The first kappa shape index (κ1) is 14.2. The highest BCUT2D eigenvalue weighted by Gasteiger charge is 2.05. The molecule has 0 aromatic heterocycles. The van der Waals surface area contributed by atoms with Gasteiger partial charge in [-0.3, -0.25) is 0 Å². The van der Waals surface area contributed by atoms with Gasteiger partial charge >= 0.3 is 0 Å². The summed E-state index contributed by atoms with van der Waals surface area (Å²) in [6, 6.07) is 28.9. The van der Waals surface area contributed by atoms with Gasteiger partial charge < -0.3 is 9.47 Å². The van der Waals surface area contributed by atoms with Crippen molar-refractivity contribution in [3.8, 4) is 11.5 Å². The van der Waals surface area contributed by atoms with Gasteiger partial charge in [0.2, 0.25) is 0 Å². The molecule has 0 saturated heterocycles. The maximum Gasteiger partial charge on any atom is 0.169 e. The molecule has 0 aliphatic rings. The smallest absolute Gasteiger partial charge is 0.169 e. The predicted octanol–water partition coefficient (Wildman–Crippen LogP) is 4.64. The van der Waals surface area contributed by atoms with E-state index in [1.165, 1.54) is 0 Å². The van der Waals surface area contributed by atoms with Gasteiger partial charge in [-0.05, 0) is 17.2 Å². The average Bonchev–Trinajstić information content (AvgIpc) is 2.61. The Hall–Kier alpha value is -2.74. The van der Waals surface area contributed by atoms with Gasteiger partial charge in [-0.2, -0.15) is 0 Å². The van der Waals surface area contributed by atoms with E-state index in [2.05, 4.69) is 6.07 Å². The van der Waals surface area contributed by atoms with Gasteiger partial charge in [0.25, 0.3) is 0 Å². The Morgan fingerprint density at radius 3 is 1.86 bits per heavy atom. The molecule has 0 N–H and O–H groups in total. The van der Waals surface area contributed by atoms with Crippen LogP contribution < -0.4 is 9.47 Å². The Kier molecular flexibility index (Phi) is 4.73. The van der Waals surface area contributed by atoms with E-state index < -0.39 is 0 Å². The highest BCUT2D eigenvalue weighted by Crippen LogP contribution is 2.27. The van der Waals surface area contributed by atoms with Crippen LogP contribution in [0.3, 0.4) is 0 Å². The predicted molar refractivity (Wildman–Crippen MR) is 86.8 cm³/mol. The molecule has 3 rings (SSSR count).